The van der Waals surface area contributed by atoms with Crippen molar-refractivity contribution >= 4 is 22.7 Å². The van der Waals surface area contributed by atoms with E-state index in [0.29, 0.717) is 17.0 Å². The van der Waals surface area contributed by atoms with Crippen LogP contribution in [0, 0.1) is 0 Å². The fourth-order valence-corrected chi connectivity index (χ4v) is 1.33. The predicted octanol–water partition coefficient (Wildman–Crippen LogP) is 2.41. The lowest BCUT2D eigenvalue weighted by molar-refractivity contribution is 0.410. The maximum absolute atomic E-state index is 10.1. The SMILES string of the molecule is COc1ccc(N=C=O)c2ccoc12. The number of fused-ring (bicyclic) bond motifs is 1. The van der Waals surface area contributed by atoms with Gasteiger partial charge in [0, 0.05) is 0 Å². The monoisotopic (exact) mass is 189 g/mol. The van der Waals surface area contributed by atoms with Crippen molar-refractivity contribution in [2.75, 3.05) is 7.11 Å². The average Bonchev–Trinajstić information content (AvgIpc) is 2.67. The lowest BCUT2D eigenvalue weighted by atomic mass is 10.2. The number of carbonyl (C=O) groups excluding carboxylic acids is 1. The number of methoxy groups -OCH3 is 1. The first-order valence-electron chi connectivity index (χ1n) is 3.99. The molecule has 1 aromatic heterocycles. The molecule has 0 atom stereocenters. The van der Waals surface area contributed by atoms with Crippen molar-refractivity contribution in [2.45, 2.75) is 0 Å². The number of hydrogen-bond acceptors (Lipinski definition) is 4. The number of aliphatic imine (C=N–C) groups is 1. The summed E-state index contributed by atoms with van der Waals surface area (Å²) in [6, 6.07) is 5.11. The van der Waals surface area contributed by atoms with Crippen LogP contribution in [-0.2, 0) is 4.79 Å². The molecule has 0 spiro atoms. The van der Waals surface area contributed by atoms with Gasteiger partial charge in [0.1, 0.15) is 0 Å². The third kappa shape index (κ3) is 1.18. The van der Waals surface area contributed by atoms with Gasteiger partial charge < -0.3 is 9.15 Å². The van der Waals surface area contributed by atoms with Crippen LogP contribution in [0.15, 0.2) is 33.9 Å². The van der Waals surface area contributed by atoms with Crippen LogP contribution >= 0.6 is 0 Å². The second kappa shape index (κ2) is 3.36. The molecule has 2 rings (SSSR count). The zero-order valence-electron chi connectivity index (χ0n) is 7.48. The van der Waals surface area contributed by atoms with Gasteiger partial charge in [-0.25, -0.2) is 4.79 Å². The molecule has 0 bridgehead atoms. The summed E-state index contributed by atoms with van der Waals surface area (Å²) in [7, 11) is 1.56. The number of nitrogens with zero attached hydrogens (tertiary/aromatic N) is 1. The summed E-state index contributed by atoms with van der Waals surface area (Å²) in [5.41, 5.74) is 1.12. The fourth-order valence-electron chi connectivity index (χ4n) is 1.33. The van der Waals surface area contributed by atoms with Gasteiger partial charge in [-0.05, 0) is 18.2 Å². The molecular weight excluding hydrogens is 182 g/mol. The van der Waals surface area contributed by atoms with Crippen LogP contribution in [0.1, 0.15) is 0 Å². The molecule has 4 heteroatoms. The number of hydrogen-bond donors (Lipinski definition) is 0. The minimum absolute atomic E-state index is 0.532. The number of furan rings is 1. The van der Waals surface area contributed by atoms with Crippen molar-refractivity contribution < 1.29 is 13.9 Å². The molecule has 4 nitrogen and oxygen atoms in total. The van der Waals surface area contributed by atoms with Gasteiger partial charge in [-0.3, -0.25) is 0 Å². The lowest BCUT2D eigenvalue weighted by Crippen LogP contribution is -1.82. The predicted molar refractivity (Wildman–Crippen MR) is 50.5 cm³/mol. The van der Waals surface area contributed by atoms with E-state index in [-0.39, 0.29) is 0 Å². The Morgan fingerprint density at radius 1 is 1.43 bits per heavy atom. The van der Waals surface area contributed by atoms with Gasteiger partial charge in [0.25, 0.3) is 0 Å². The zero-order valence-corrected chi connectivity index (χ0v) is 7.48. The highest BCUT2D eigenvalue weighted by atomic mass is 16.5. The number of ether oxygens (including phenoxy) is 1. The summed E-state index contributed by atoms with van der Waals surface area (Å²) in [6.45, 7) is 0. The number of isocyanates is 1. The molecule has 0 saturated heterocycles. The second-order valence-electron chi connectivity index (χ2n) is 2.65. The summed E-state index contributed by atoms with van der Waals surface area (Å²) in [5.74, 6) is 0.620. The molecule has 1 heterocycles. The van der Waals surface area contributed by atoms with Gasteiger partial charge in [-0.15, -0.1) is 0 Å². The standard InChI is InChI=1S/C10H7NO3/c1-13-9-3-2-8(11-6-12)7-4-5-14-10(7)9/h2-5H,1H3. The smallest absolute Gasteiger partial charge is 0.240 e. The first-order chi connectivity index (χ1) is 6.86. The topological polar surface area (TPSA) is 51.8 Å². The van der Waals surface area contributed by atoms with Crippen LogP contribution < -0.4 is 4.74 Å². The molecule has 0 N–H and O–H groups in total. The Hall–Kier alpha value is -2.06. The summed E-state index contributed by atoms with van der Waals surface area (Å²) in [5, 5.41) is 0.743. The van der Waals surface area contributed by atoms with Gasteiger partial charge in [0.2, 0.25) is 6.08 Å². The normalized spacial score (nSPS) is 9.79. The largest absolute Gasteiger partial charge is 0.493 e. The van der Waals surface area contributed by atoms with Crippen molar-refractivity contribution in [2.24, 2.45) is 4.99 Å². The van der Waals surface area contributed by atoms with Crippen molar-refractivity contribution in [1.29, 1.82) is 0 Å². The molecule has 0 fully saturated rings. The van der Waals surface area contributed by atoms with E-state index in [1.807, 2.05) is 0 Å². The van der Waals surface area contributed by atoms with Crippen molar-refractivity contribution in [3.05, 3.63) is 24.5 Å². The first kappa shape index (κ1) is 8.53. The van der Waals surface area contributed by atoms with Crippen molar-refractivity contribution in [3.63, 3.8) is 0 Å². The average molecular weight is 189 g/mol. The number of rotatable bonds is 2. The van der Waals surface area contributed by atoms with Gasteiger partial charge in [-0.1, -0.05) is 0 Å². The molecule has 14 heavy (non-hydrogen) atoms. The maximum atomic E-state index is 10.1. The van der Waals surface area contributed by atoms with E-state index in [2.05, 4.69) is 4.99 Å². The van der Waals surface area contributed by atoms with Crippen LogP contribution in [0.4, 0.5) is 5.69 Å². The van der Waals surface area contributed by atoms with E-state index >= 15 is 0 Å². The highest BCUT2D eigenvalue weighted by Gasteiger charge is 2.08. The van der Waals surface area contributed by atoms with Gasteiger partial charge in [0.15, 0.2) is 11.3 Å². The van der Waals surface area contributed by atoms with Crippen LogP contribution in [0.5, 0.6) is 5.75 Å². The maximum Gasteiger partial charge on any atom is 0.240 e. The van der Waals surface area contributed by atoms with E-state index in [9.17, 15) is 4.79 Å². The second-order valence-corrected chi connectivity index (χ2v) is 2.65. The Morgan fingerprint density at radius 2 is 2.29 bits per heavy atom. The quantitative estimate of drug-likeness (QED) is 0.538. The van der Waals surface area contributed by atoms with E-state index in [1.54, 1.807) is 25.3 Å². The fraction of sp³-hybridized carbons (Fsp3) is 0.100. The third-order valence-corrected chi connectivity index (χ3v) is 1.94. The Labute approximate surface area is 79.8 Å². The first-order valence-corrected chi connectivity index (χ1v) is 3.99. The summed E-state index contributed by atoms with van der Waals surface area (Å²) in [4.78, 5) is 13.7. The Balaban J connectivity index is 2.77. The molecular formula is C10H7NO3. The summed E-state index contributed by atoms with van der Waals surface area (Å²) in [6.07, 6.45) is 3.02. The van der Waals surface area contributed by atoms with E-state index in [0.717, 1.165) is 5.39 Å². The number of benzene rings is 1. The van der Waals surface area contributed by atoms with E-state index in [4.69, 9.17) is 9.15 Å². The molecule has 70 valence electrons. The molecule has 0 aliphatic heterocycles. The van der Waals surface area contributed by atoms with E-state index in [1.165, 1.54) is 12.3 Å². The van der Waals surface area contributed by atoms with Gasteiger partial charge in [-0.2, -0.15) is 4.99 Å². The van der Waals surface area contributed by atoms with Crippen LogP contribution in [0.3, 0.4) is 0 Å². The van der Waals surface area contributed by atoms with Crippen LogP contribution in [0.25, 0.3) is 11.0 Å². The molecule has 0 saturated carbocycles. The minimum Gasteiger partial charge on any atom is -0.493 e. The molecule has 0 amide bonds. The van der Waals surface area contributed by atoms with Crippen LogP contribution in [0.2, 0.25) is 0 Å². The highest BCUT2D eigenvalue weighted by molar-refractivity contribution is 5.93. The Kier molecular flexibility index (Phi) is 2.05. The molecule has 0 radical (unpaired) electrons. The third-order valence-electron chi connectivity index (χ3n) is 1.94. The highest BCUT2D eigenvalue weighted by Crippen LogP contribution is 2.33. The van der Waals surface area contributed by atoms with Crippen LogP contribution in [-0.4, -0.2) is 13.2 Å². The molecule has 0 aliphatic rings. The summed E-state index contributed by atoms with van der Waals surface area (Å²) >= 11 is 0. The molecule has 1 aromatic carbocycles. The van der Waals surface area contributed by atoms with E-state index < -0.39 is 0 Å². The lowest BCUT2D eigenvalue weighted by Gasteiger charge is -2.00. The Morgan fingerprint density at radius 3 is 3.00 bits per heavy atom. The minimum atomic E-state index is 0.532. The Bertz CT molecular complexity index is 509. The van der Waals surface area contributed by atoms with Gasteiger partial charge >= 0.3 is 0 Å². The van der Waals surface area contributed by atoms with Crippen molar-refractivity contribution in [1.82, 2.24) is 0 Å². The molecule has 0 unspecified atom stereocenters. The zero-order chi connectivity index (χ0) is 9.97. The summed E-state index contributed by atoms with van der Waals surface area (Å²) < 4.78 is 10.3. The molecule has 2 aromatic rings. The van der Waals surface area contributed by atoms with Crippen molar-refractivity contribution in [3.8, 4) is 5.75 Å². The van der Waals surface area contributed by atoms with Gasteiger partial charge in [0.05, 0.1) is 24.4 Å². The molecule has 0 aliphatic carbocycles.